The zero-order chi connectivity index (χ0) is 11.7. The monoisotopic (exact) mass is 214 g/mol. The molecule has 0 saturated carbocycles. The van der Waals surface area contributed by atoms with E-state index in [9.17, 15) is 9.90 Å². The van der Waals surface area contributed by atoms with E-state index in [1.165, 1.54) is 12.2 Å². The lowest BCUT2D eigenvalue weighted by atomic mass is 10.2. The Hall–Kier alpha value is -1.13. The molecule has 0 saturated heterocycles. The second kappa shape index (κ2) is 8.20. The van der Waals surface area contributed by atoms with Gasteiger partial charge in [-0.1, -0.05) is 18.2 Å². The molecule has 0 fully saturated rings. The predicted molar refractivity (Wildman–Crippen MR) is 57.4 cm³/mol. The van der Waals surface area contributed by atoms with Crippen LogP contribution in [0.3, 0.4) is 0 Å². The highest BCUT2D eigenvalue weighted by Gasteiger charge is 2.26. The van der Waals surface area contributed by atoms with Gasteiger partial charge in [-0.25, -0.2) is 4.79 Å². The fraction of sp³-hybridized carbons (Fsp3) is 0.545. The Morgan fingerprint density at radius 1 is 1.60 bits per heavy atom. The minimum absolute atomic E-state index is 0.193. The third-order valence-corrected chi connectivity index (χ3v) is 1.61. The summed E-state index contributed by atoms with van der Waals surface area (Å²) >= 11 is 0. The van der Waals surface area contributed by atoms with E-state index >= 15 is 0 Å². The third-order valence-electron chi connectivity index (χ3n) is 1.61. The molecule has 0 aromatic rings. The molecule has 0 aromatic carbocycles. The normalized spacial score (nSPS) is 14.9. The van der Waals surface area contributed by atoms with E-state index in [1.807, 2.05) is 0 Å². The maximum atomic E-state index is 11.4. The van der Waals surface area contributed by atoms with Gasteiger partial charge in [0, 0.05) is 0 Å². The molecule has 0 amide bonds. The Morgan fingerprint density at radius 3 is 2.73 bits per heavy atom. The molecule has 2 atom stereocenters. The van der Waals surface area contributed by atoms with E-state index in [4.69, 9.17) is 9.47 Å². The van der Waals surface area contributed by atoms with Crippen molar-refractivity contribution in [2.24, 2.45) is 0 Å². The van der Waals surface area contributed by atoms with Crippen molar-refractivity contribution in [1.29, 1.82) is 0 Å². The van der Waals surface area contributed by atoms with Gasteiger partial charge >= 0.3 is 5.97 Å². The minimum Gasteiger partial charge on any atom is -0.464 e. The van der Waals surface area contributed by atoms with Gasteiger partial charge in [-0.05, 0) is 13.8 Å². The first-order valence-electron chi connectivity index (χ1n) is 4.87. The number of aliphatic hydroxyl groups excluding tert-OH is 1. The summed E-state index contributed by atoms with van der Waals surface area (Å²) in [6.07, 6.45) is 2.65. The highest BCUT2D eigenvalue weighted by molar-refractivity contribution is 5.75. The molecule has 15 heavy (non-hydrogen) atoms. The first kappa shape index (κ1) is 13.9. The maximum absolute atomic E-state index is 11.4. The van der Waals surface area contributed by atoms with Crippen molar-refractivity contribution < 1.29 is 19.4 Å². The maximum Gasteiger partial charge on any atom is 0.338 e. The Morgan fingerprint density at radius 2 is 2.27 bits per heavy atom. The predicted octanol–water partition coefficient (Wildman–Crippen LogP) is 1.06. The molecule has 0 aliphatic heterocycles. The highest BCUT2D eigenvalue weighted by atomic mass is 16.6. The summed E-state index contributed by atoms with van der Waals surface area (Å²) in [5.41, 5.74) is 0. The van der Waals surface area contributed by atoms with Gasteiger partial charge in [0.2, 0.25) is 0 Å². The average molecular weight is 214 g/mol. The summed E-state index contributed by atoms with van der Waals surface area (Å²) in [4.78, 5) is 11.4. The van der Waals surface area contributed by atoms with Crippen LogP contribution < -0.4 is 0 Å². The topological polar surface area (TPSA) is 55.8 Å². The van der Waals surface area contributed by atoms with E-state index in [0.717, 1.165) is 0 Å². The number of hydrogen-bond donors (Lipinski definition) is 1. The van der Waals surface area contributed by atoms with Crippen molar-refractivity contribution in [3.63, 3.8) is 0 Å². The van der Waals surface area contributed by atoms with Gasteiger partial charge in [0.25, 0.3) is 0 Å². The zero-order valence-corrected chi connectivity index (χ0v) is 9.18. The molecule has 0 aliphatic carbocycles. The fourth-order valence-corrected chi connectivity index (χ4v) is 1.00. The summed E-state index contributed by atoms with van der Waals surface area (Å²) in [5, 5.41) is 9.59. The SMILES string of the molecule is C=CCO[C@@H](C(=O)OCC)[C@H](O)/C=C/C. The van der Waals surface area contributed by atoms with E-state index in [2.05, 4.69) is 6.58 Å². The lowest BCUT2D eigenvalue weighted by Gasteiger charge is -2.18. The van der Waals surface area contributed by atoms with E-state index < -0.39 is 18.2 Å². The van der Waals surface area contributed by atoms with Crippen LogP contribution in [0.5, 0.6) is 0 Å². The van der Waals surface area contributed by atoms with E-state index in [1.54, 1.807) is 19.9 Å². The third kappa shape index (κ3) is 5.34. The molecule has 4 nitrogen and oxygen atoms in total. The van der Waals surface area contributed by atoms with Crippen LogP contribution in [0.1, 0.15) is 13.8 Å². The Bertz CT molecular complexity index is 223. The van der Waals surface area contributed by atoms with Crippen LogP contribution >= 0.6 is 0 Å². The summed E-state index contributed by atoms with van der Waals surface area (Å²) < 4.78 is 9.90. The van der Waals surface area contributed by atoms with Crippen LogP contribution in [0.4, 0.5) is 0 Å². The van der Waals surface area contributed by atoms with Gasteiger partial charge in [0.05, 0.1) is 13.2 Å². The molecule has 1 N–H and O–H groups in total. The second-order valence-corrected chi connectivity index (χ2v) is 2.81. The van der Waals surface area contributed by atoms with Crippen LogP contribution in [-0.2, 0) is 14.3 Å². The molecule has 0 aromatic heterocycles. The van der Waals surface area contributed by atoms with Crippen molar-refractivity contribution in [3.8, 4) is 0 Å². The van der Waals surface area contributed by atoms with Gasteiger partial charge in [-0.15, -0.1) is 6.58 Å². The lowest BCUT2D eigenvalue weighted by Crippen LogP contribution is -2.37. The molecule has 0 aliphatic rings. The molecule has 0 spiro atoms. The molecule has 0 rings (SSSR count). The first-order valence-corrected chi connectivity index (χ1v) is 4.87. The molecule has 0 heterocycles. The summed E-state index contributed by atoms with van der Waals surface area (Å²) in [7, 11) is 0. The zero-order valence-electron chi connectivity index (χ0n) is 9.18. The first-order chi connectivity index (χ1) is 7.17. The number of carbonyl (C=O) groups is 1. The average Bonchev–Trinajstić information content (AvgIpc) is 2.19. The second-order valence-electron chi connectivity index (χ2n) is 2.81. The van der Waals surface area contributed by atoms with Gasteiger partial charge in [-0.2, -0.15) is 0 Å². The van der Waals surface area contributed by atoms with Crippen molar-refractivity contribution in [1.82, 2.24) is 0 Å². The molecular weight excluding hydrogens is 196 g/mol. The molecule has 0 unspecified atom stereocenters. The molecular formula is C11H18O4. The van der Waals surface area contributed by atoms with Crippen LogP contribution in [0, 0.1) is 0 Å². The van der Waals surface area contributed by atoms with Crippen LogP contribution in [-0.4, -0.2) is 36.5 Å². The van der Waals surface area contributed by atoms with Gasteiger partial charge in [0.1, 0.15) is 6.10 Å². The van der Waals surface area contributed by atoms with Crippen molar-refractivity contribution >= 4 is 5.97 Å². The number of hydrogen-bond acceptors (Lipinski definition) is 4. The van der Waals surface area contributed by atoms with Crippen LogP contribution in [0.15, 0.2) is 24.8 Å². The summed E-state index contributed by atoms with van der Waals surface area (Å²) in [5.74, 6) is -0.565. The van der Waals surface area contributed by atoms with Crippen molar-refractivity contribution in [3.05, 3.63) is 24.8 Å². The lowest BCUT2D eigenvalue weighted by molar-refractivity contribution is -0.161. The number of rotatable bonds is 7. The van der Waals surface area contributed by atoms with E-state index in [-0.39, 0.29) is 13.2 Å². The highest BCUT2D eigenvalue weighted by Crippen LogP contribution is 2.04. The Balaban J connectivity index is 4.40. The van der Waals surface area contributed by atoms with Crippen LogP contribution in [0.25, 0.3) is 0 Å². The largest absolute Gasteiger partial charge is 0.464 e. The number of allylic oxidation sites excluding steroid dienone is 1. The van der Waals surface area contributed by atoms with E-state index in [0.29, 0.717) is 0 Å². The quantitative estimate of drug-likeness (QED) is 0.508. The smallest absolute Gasteiger partial charge is 0.338 e. The standard InChI is InChI=1S/C11H18O4/c1-4-7-9(12)10(15-8-5-2)11(13)14-6-3/h4-5,7,9-10,12H,2,6,8H2,1,3H3/b7-4+/t9-,10-/m1/s1. The van der Waals surface area contributed by atoms with Crippen LogP contribution in [0.2, 0.25) is 0 Å². The Labute approximate surface area is 90.2 Å². The number of aliphatic hydroxyl groups is 1. The van der Waals surface area contributed by atoms with Gasteiger partial charge < -0.3 is 14.6 Å². The minimum atomic E-state index is -0.992. The van der Waals surface area contributed by atoms with Crippen molar-refractivity contribution in [2.45, 2.75) is 26.1 Å². The molecule has 0 bridgehead atoms. The van der Waals surface area contributed by atoms with Gasteiger partial charge in [0.15, 0.2) is 6.10 Å². The number of esters is 1. The number of carbonyl (C=O) groups excluding carboxylic acids is 1. The Kier molecular flexibility index (Phi) is 7.58. The fourth-order valence-electron chi connectivity index (χ4n) is 1.00. The number of ether oxygens (including phenoxy) is 2. The summed E-state index contributed by atoms with van der Waals surface area (Å²) in [6.45, 7) is 7.37. The molecule has 86 valence electrons. The van der Waals surface area contributed by atoms with Gasteiger partial charge in [-0.3, -0.25) is 0 Å². The summed E-state index contributed by atoms with van der Waals surface area (Å²) in [6, 6.07) is 0. The molecule has 0 radical (unpaired) electrons. The van der Waals surface area contributed by atoms with Crippen molar-refractivity contribution in [2.75, 3.05) is 13.2 Å². The molecule has 4 heteroatoms.